The van der Waals surface area contributed by atoms with Gasteiger partial charge in [-0.1, -0.05) is 30.3 Å². The lowest BCUT2D eigenvalue weighted by Crippen LogP contribution is -2.50. The summed E-state index contributed by atoms with van der Waals surface area (Å²) >= 11 is 0. The lowest BCUT2D eigenvalue weighted by atomic mass is 9.85. The van der Waals surface area contributed by atoms with E-state index >= 15 is 0 Å². The molecule has 2 aliphatic rings. The minimum absolute atomic E-state index is 0.0368. The number of amides is 1. The van der Waals surface area contributed by atoms with E-state index < -0.39 is 0 Å². The largest absolute Gasteiger partial charge is 0.332 e. The van der Waals surface area contributed by atoms with Gasteiger partial charge in [0, 0.05) is 25.3 Å². The molecule has 1 amide bonds. The van der Waals surface area contributed by atoms with E-state index in [2.05, 4.69) is 0 Å². The zero-order valence-electron chi connectivity index (χ0n) is 10.3. The van der Waals surface area contributed by atoms with E-state index in [0.29, 0.717) is 25.0 Å². The van der Waals surface area contributed by atoms with Crippen LogP contribution < -0.4 is 0 Å². The summed E-state index contributed by atoms with van der Waals surface area (Å²) in [5, 5.41) is 0. The predicted molar refractivity (Wildman–Crippen MR) is 67.9 cm³/mol. The number of carbonyl (C=O) groups excluding carboxylic acids is 2. The van der Waals surface area contributed by atoms with Crippen molar-refractivity contribution in [2.75, 3.05) is 0 Å². The van der Waals surface area contributed by atoms with Crippen LogP contribution in [0.15, 0.2) is 30.3 Å². The number of hydrogen-bond donors (Lipinski definition) is 0. The molecule has 0 aliphatic carbocycles. The summed E-state index contributed by atoms with van der Waals surface area (Å²) in [7, 11) is 0. The molecule has 0 saturated carbocycles. The van der Waals surface area contributed by atoms with Crippen molar-refractivity contribution in [3.8, 4) is 0 Å². The molecule has 3 nitrogen and oxygen atoms in total. The van der Waals surface area contributed by atoms with E-state index in [9.17, 15) is 9.59 Å². The molecule has 2 saturated heterocycles. The van der Waals surface area contributed by atoms with Gasteiger partial charge in [0.15, 0.2) is 0 Å². The molecule has 2 heterocycles. The number of carbonyl (C=O) groups is 2. The van der Waals surface area contributed by atoms with E-state index in [1.165, 1.54) is 0 Å². The molecule has 0 aromatic heterocycles. The quantitative estimate of drug-likeness (QED) is 0.760. The van der Waals surface area contributed by atoms with Crippen LogP contribution in [-0.4, -0.2) is 22.6 Å². The molecule has 0 spiro atoms. The molecule has 0 bridgehead atoms. The molecule has 2 atom stereocenters. The van der Waals surface area contributed by atoms with Crippen molar-refractivity contribution in [3.05, 3.63) is 35.9 Å². The van der Waals surface area contributed by atoms with Gasteiger partial charge in [-0.2, -0.15) is 0 Å². The van der Waals surface area contributed by atoms with Crippen molar-refractivity contribution < 1.29 is 9.59 Å². The Balaban J connectivity index is 1.95. The minimum Gasteiger partial charge on any atom is -0.332 e. The van der Waals surface area contributed by atoms with E-state index in [1.54, 1.807) is 0 Å². The second kappa shape index (κ2) is 4.56. The number of benzene rings is 1. The first-order valence-electron chi connectivity index (χ1n) is 6.63. The van der Waals surface area contributed by atoms with Crippen LogP contribution in [0.25, 0.3) is 0 Å². The smallest absolute Gasteiger partial charge is 0.223 e. The monoisotopic (exact) mass is 243 g/mol. The maximum Gasteiger partial charge on any atom is 0.223 e. The molecule has 0 N–H and O–H groups in total. The minimum atomic E-state index is -0.0368. The molecule has 3 rings (SSSR count). The Morgan fingerprint density at radius 2 is 1.83 bits per heavy atom. The van der Waals surface area contributed by atoms with Gasteiger partial charge < -0.3 is 4.90 Å². The summed E-state index contributed by atoms with van der Waals surface area (Å²) in [4.78, 5) is 26.0. The molecule has 1 aromatic rings. The third-order valence-corrected chi connectivity index (χ3v) is 4.01. The van der Waals surface area contributed by atoms with Crippen LogP contribution >= 0.6 is 0 Å². The van der Waals surface area contributed by atoms with Crippen molar-refractivity contribution in [3.63, 3.8) is 0 Å². The van der Waals surface area contributed by atoms with Crippen LogP contribution in [0.5, 0.6) is 0 Å². The highest BCUT2D eigenvalue weighted by molar-refractivity contribution is 5.85. The average Bonchev–Trinajstić information content (AvgIpc) is 2.39. The van der Waals surface area contributed by atoms with Gasteiger partial charge in [0.05, 0.1) is 6.04 Å². The van der Waals surface area contributed by atoms with Crippen molar-refractivity contribution >= 4 is 11.7 Å². The Kier molecular flexibility index (Phi) is 2.90. The summed E-state index contributed by atoms with van der Waals surface area (Å²) in [6.07, 6.45) is 3.56. The fourth-order valence-corrected chi connectivity index (χ4v) is 3.20. The number of ketones is 1. The van der Waals surface area contributed by atoms with Gasteiger partial charge in [0.25, 0.3) is 0 Å². The predicted octanol–water partition coefficient (Wildman–Crippen LogP) is 2.47. The lowest BCUT2D eigenvalue weighted by molar-refractivity contribution is -0.145. The first kappa shape index (κ1) is 11.5. The number of hydrogen-bond acceptors (Lipinski definition) is 2. The molecular formula is C15H17NO2. The summed E-state index contributed by atoms with van der Waals surface area (Å²) in [5.41, 5.74) is 1.09. The highest BCUT2D eigenvalue weighted by atomic mass is 16.2. The van der Waals surface area contributed by atoms with Crippen molar-refractivity contribution in [1.82, 2.24) is 4.90 Å². The van der Waals surface area contributed by atoms with Gasteiger partial charge in [0.2, 0.25) is 5.91 Å². The normalized spacial score (nSPS) is 28.1. The van der Waals surface area contributed by atoms with Crippen molar-refractivity contribution in [2.45, 2.75) is 44.2 Å². The maximum absolute atomic E-state index is 12.1. The summed E-state index contributed by atoms with van der Waals surface area (Å²) in [5.74, 6) is 0.507. The summed E-state index contributed by atoms with van der Waals surface area (Å²) in [6, 6.07) is 10.0. The molecule has 0 unspecified atom stereocenters. The highest BCUT2D eigenvalue weighted by Gasteiger charge is 2.40. The standard InChI is InChI=1S/C15H17NO2/c17-13-9-12-7-4-8-15(18)16(12)14(10-13)11-5-2-1-3-6-11/h1-3,5-6,12,14H,4,7-10H2/t12-,14-/m0/s1. The molecule has 18 heavy (non-hydrogen) atoms. The lowest BCUT2D eigenvalue weighted by Gasteiger charge is -2.44. The van der Waals surface area contributed by atoms with Crippen LogP contribution in [0, 0.1) is 0 Å². The average molecular weight is 243 g/mol. The first-order valence-corrected chi connectivity index (χ1v) is 6.63. The van der Waals surface area contributed by atoms with Gasteiger partial charge in [-0.05, 0) is 18.4 Å². The van der Waals surface area contributed by atoms with Gasteiger partial charge in [-0.15, -0.1) is 0 Å². The topological polar surface area (TPSA) is 37.4 Å². The Morgan fingerprint density at radius 3 is 2.61 bits per heavy atom. The number of fused-ring (bicyclic) bond motifs is 1. The zero-order chi connectivity index (χ0) is 12.5. The summed E-state index contributed by atoms with van der Waals surface area (Å²) < 4.78 is 0. The Bertz CT molecular complexity index is 469. The maximum atomic E-state index is 12.1. The van der Waals surface area contributed by atoms with Crippen molar-refractivity contribution in [2.24, 2.45) is 0 Å². The molecule has 0 radical (unpaired) electrons. The summed E-state index contributed by atoms with van der Waals surface area (Å²) in [6.45, 7) is 0. The number of Topliss-reactive ketones (excluding diaryl/α,β-unsaturated/α-hetero) is 1. The Morgan fingerprint density at radius 1 is 1.06 bits per heavy atom. The third kappa shape index (κ3) is 1.94. The molecule has 3 heteroatoms. The van der Waals surface area contributed by atoms with Crippen LogP contribution in [-0.2, 0) is 9.59 Å². The van der Waals surface area contributed by atoms with Crippen LogP contribution in [0.1, 0.15) is 43.7 Å². The zero-order valence-corrected chi connectivity index (χ0v) is 10.3. The van der Waals surface area contributed by atoms with E-state index in [4.69, 9.17) is 0 Å². The fraction of sp³-hybridized carbons (Fsp3) is 0.467. The second-order valence-electron chi connectivity index (χ2n) is 5.22. The van der Waals surface area contributed by atoms with Gasteiger partial charge in [-0.25, -0.2) is 0 Å². The van der Waals surface area contributed by atoms with Gasteiger partial charge in [0.1, 0.15) is 5.78 Å². The molecular weight excluding hydrogens is 226 g/mol. The fourth-order valence-electron chi connectivity index (χ4n) is 3.20. The SMILES string of the molecule is O=C1C[C@@H]2CCCC(=O)N2[C@H](c2ccccc2)C1. The second-order valence-corrected chi connectivity index (χ2v) is 5.22. The number of rotatable bonds is 1. The van der Waals surface area contributed by atoms with E-state index in [1.807, 2.05) is 35.2 Å². The van der Waals surface area contributed by atoms with Gasteiger partial charge in [-0.3, -0.25) is 9.59 Å². The van der Waals surface area contributed by atoms with Crippen LogP contribution in [0.4, 0.5) is 0 Å². The van der Waals surface area contributed by atoms with E-state index in [-0.39, 0.29) is 18.0 Å². The number of piperidine rings is 2. The van der Waals surface area contributed by atoms with E-state index in [0.717, 1.165) is 18.4 Å². The van der Waals surface area contributed by atoms with Crippen LogP contribution in [0.2, 0.25) is 0 Å². The van der Waals surface area contributed by atoms with Gasteiger partial charge >= 0.3 is 0 Å². The molecule has 1 aromatic carbocycles. The first-order chi connectivity index (χ1) is 8.75. The third-order valence-electron chi connectivity index (χ3n) is 4.01. The van der Waals surface area contributed by atoms with Crippen LogP contribution in [0.3, 0.4) is 0 Å². The molecule has 2 aliphatic heterocycles. The molecule has 94 valence electrons. The van der Waals surface area contributed by atoms with Crippen molar-refractivity contribution in [1.29, 1.82) is 0 Å². The Hall–Kier alpha value is -1.64. The Labute approximate surface area is 107 Å². The highest BCUT2D eigenvalue weighted by Crippen LogP contribution is 2.37. The number of nitrogens with zero attached hydrogens (tertiary/aromatic N) is 1. The molecule has 2 fully saturated rings.